The number of aromatic nitrogens is 2. The van der Waals surface area contributed by atoms with E-state index in [1.807, 2.05) is 0 Å². The number of ketones is 2. The molecule has 0 fully saturated rings. The van der Waals surface area contributed by atoms with Crippen LogP contribution in [0.4, 0.5) is 0 Å². The Kier molecular flexibility index (Phi) is 3.54. The molecule has 0 saturated heterocycles. The fourth-order valence-corrected chi connectivity index (χ4v) is 2.67. The average Bonchev–Trinajstić information content (AvgIpc) is 2.87. The second-order valence-corrected chi connectivity index (χ2v) is 6.01. The van der Waals surface area contributed by atoms with E-state index in [9.17, 15) is 9.59 Å². The van der Waals surface area contributed by atoms with Gasteiger partial charge in [-0.25, -0.2) is 4.98 Å². The number of hydrogen-bond donors (Lipinski definition) is 0. The number of thiophene rings is 1. The highest BCUT2D eigenvalue weighted by Gasteiger charge is 2.16. The molecule has 0 aliphatic rings. The van der Waals surface area contributed by atoms with E-state index in [2.05, 4.69) is 20.9 Å². The van der Waals surface area contributed by atoms with E-state index in [1.54, 1.807) is 36.3 Å². The largest absolute Gasteiger partial charge is 0.340 e. The minimum atomic E-state index is -0.250. The zero-order chi connectivity index (χ0) is 12.4. The predicted molar refractivity (Wildman–Crippen MR) is 68.5 cm³/mol. The first-order chi connectivity index (χ1) is 8.06. The Balaban J connectivity index is 2.07. The van der Waals surface area contributed by atoms with Crippen LogP contribution in [0.3, 0.4) is 0 Å². The van der Waals surface area contributed by atoms with E-state index in [4.69, 9.17) is 0 Å². The Hall–Kier alpha value is -1.27. The SMILES string of the molecule is Cn1cnc(C(=O)CC(=O)c2ccc(Br)s2)c1. The molecule has 0 atom stereocenters. The van der Waals surface area contributed by atoms with Gasteiger partial charge in [0.25, 0.3) is 0 Å². The van der Waals surface area contributed by atoms with Crippen molar-refractivity contribution in [3.8, 4) is 0 Å². The number of imidazole rings is 1. The maximum Gasteiger partial charge on any atom is 0.190 e. The normalized spacial score (nSPS) is 10.5. The van der Waals surface area contributed by atoms with Crippen LogP contribution >= 0.6 is 27.3 Å². The Labute approximate surface area is 110 Å². The number of Topliss-reactive ketones (excluding diaryl/α,β-unsaturated/α-hetero) is 2. The molecule has 0 bridgehead atoms. The molecular weight excluding hydrogens is 304 g/mol. The Morgan fingerprint density at radius 1 is 1.41 bits per heavy atom. The van der Waals surface area contributed by atoms with Gasteiger partial charge >= 0.3 is 0 Å². The fraction of sp³-hybridized carbons (Fsp3) is 0.182. The number of carbonyl (C=O) groups excluding carboxylic acids is 2. The molecule has 0 N–H and O–H groups in total. The molecule has 6 heteroatoms. The molecule has 17 heavy (non-hydrogen) atoms. The zero-order valence-corrected chi connectivity index (χ0v) is 11.4. The molecule has 2 aromatic heterocycles. The quantitative estimate of drug-likeness (QED) is 0.644. The van der Waals surface area contributed by atoms with Gasteiger partial charge in [-0.3, -0.25) is 9.59 Å². The third kappa shape index (κ3) is 2.89. The molecule has 2 heterocycles. The monoisotopic (exact) mass is 312 g/mol. The van der Waals surface area contributed by atoms with E-state index < -0.39 is 0 Å². The molecule has 0 aromatic carbocycles. The van der Waals surface area contributed by atoms with Crippen LogP contribution in [-0.2, 0) is 7.05 Å². The highest BCUT2D eigenvalue weighted by molar-refractivity contribution is 9.11. The van der Waals surface area contributed by atoms with Crippen molar-refractivity contribution in [1.29, 1.82) is 0 Å². The topological polar surface area (TPSA) is 52.0 Å². The molecule has 88 valence electrons. The second-order valence-electron chi connectivity index (χ2n) is 3.55. The van der Waals surface area contributed by atoms with Gasteiger partial charge in [0.2, 0.25) is 0 Å². The van der Waals surface area contributed by atoms with Crippen molar-refractivity contribution in [1.82, 2.24) is 9.55 Å². The molecule has 0 radical (unpaired) electrons. The summed E-state index contributed by atoms with van der Waals surface area (Å²) in [7, 11) is 1.78. The lowest BCUT2D eigenvalue weighted by molar-refractivity contribution is 0.0894. The van der Waals surface area contributed by atoms with E-state index in [0.717, 1.165) is 3.79 Å². The van der Waals surface area contributed by atoms with Crippen LogP contribution in [0, 0.1) is 0 Å². The fourth-order valence-electron chi connectivity index (χ4n) is 1.34. The van der Waals surface area contributed by atoms with E-state index in [1.165, 1.54) is 11.3 Å². The van der Waals surface area contributed by atoms with Crippen molar-refractivity contribution in [2.45, 2.75) is 6.42 Å². The average molecular weight is 313 g/mol. The summed E-state index contributed by atoms with van der Waals surface area (Å²) in [6.07, 6.45) is 3.02. The van der Waals surface area contributed by atoms with Crippen molar-refractivity contribution < 1.29 is 9.59 Å². The summed E-state index contributed by atoms with van der Waals surface area (Å²) in [6.45, 7) is 0. The second kappa shape index (κ2) is 4.93. The van der Waals surface area contributed by atoms with Gasteiger partial charge in [0.15, 0.2) is 11.6 Å². The van der Waals surface area contributed by atoms with Crippen molar-refractivity contribution in [3.05, 3.63) is 39.0 Å². The van der Waals surface area contributed by atoms with Crippen LogP contribution in [-0.4, -0.2) is 21.1 Å². The Morgan fingerprint density at radius 2 is 2.18 bits per heavy atom. The first-order valence-electron chi connectivity index (χ1n) is 4.86. The molecule has 0 unspecified atom stereocenters. The van der Waals surface area contributed by atoms with Gasteiger partial charge in [0.05, 0.1) is 21.4 Å². The number of hydrogen-bond acceptors (Lipinski definition) is 4. The summed E-state index contributed by atoms with van der Waals surface area (Å²) in [5.41, 5.74) is 0.330. The van der Waals surface area contributed by atoms with Gasteiger partial charge in [-0.1, -0.05) is 0 Å². The number of halogens is 1. The molecule has 0 aliphatic heterocycles. The lowest BCUT2D eigenvalue weighted by Gasteiger charge is -1.95. The summed E-state index contributed by atoms with van der Waals surface area (Å²) < 4.78 is 2.56. The molecule has 0 aliphatic carbocycles. The van der Waals surface area contributed by atoms with Crippen LogP contribution in [0.5, 0.6) is 0 Å². The minimum Gasteiger partial charge on any atom is -0.340 e. The van der Waals surface area contributed by atoms with Crippen LogP contribution in [0.1, 0.15) is 26.6 Å². The molecular formula is C11H9BrN2O2S. The van der Waals surface area contributed by atoms with Gasteiger partial charge < -0.3 is 4.57 Å². The number of carbonyl (C=O) groups is 2. The summed E-state index contributed by atoms with van der Waals surface area (Å²) in [5.74, 6) is -0.420. The molecule has 2 aromatic rings. The number of aryl methyl sites for hydroxylation is 1. The van der Waals surface area contributed by atoms with Gasteiger partial charge in [0, 0.05) is 13.2 Å². The van der Waals surface area contributed by atoms with E-state index in [-0.39, 0.29) is 18.0 Å². The standard InChI is InChI=1S/C11H9BrN2O2S/c1-14-5-7(13-6-14)8(15)4-9(16)10-2-3-11(12)17-10/h2-3,5-6H,4H2,1H3. The molecule has 0 spiro atoms. The van der Waals surface area contributed by atoms with Gasteiger partial charge in [0.1, 0.15) is 5.69 Å². The van der Waals surface area contributed by atoms with Gasteiger partial charge in [-0.05, 0) is 28.1 Å². The van der Waals surface area contributed by atoms with Gasteiger partial charge in [-0.2, -0.15) is 0 Å². The summed E-state index contributed by atoms with van der Waals surface area (Å²) in [5, 5.41) is 0. The van der Waals surface area contributed by atoms with Crippen LogP contribution in [0.15, 0.2) is 28.4 Å². The molecule has 0 saturated carbocycles. The third-order valence-electron chi connectivity index (χ3n) is 2.16. The van der Waals surface area contributed by atoms with E-state index >= 15 is 0 Å². The van der Waals surface area contributed by atoms with Gasteiger partial charge in [-0.15, -0.1) is 11.3 Å². The predicted octanol–water partition coefficient (Wildman–Crippen LogP) is 2.70. The Morgan fingerprint density at radius 3 is 2.71 bits per heavy atom. The third-order valence-corrected chi connectivity index (χ3v) is 3.82. The van der Waals surface area contributed by atoms with Crippen LogP contribution < -0.4 is 0 Å². The van der Waals surface area contributed by atoms with Crippen molar-refractivity contribution in [3.63, 3.8) is 0 Å². The summed E-state index contributed by atoms with van der Waals surface area (Å²) in [4.78, 5) is 28.0. The smallest absolute Gasteiger partial charge is 0.190 e. The lowest BCUT2D eigenvalue weighted by atomic mass is 10.1. The summed E-state index contributed by atoms with van der Waals surface area (Å²) >= 11 is 4.61. The Bertz CT molecular complexity index is 523. The molecule has 0 amide bonds. The maximum atomic E-state index is 11.8. The number of nitrogens with zero attached hydrogens (tertiary/aromatic N) is 2. The molecule has 2 rings (SSSR count). The van der Waals surface area contributed by atoms with Crippen LogP contribution in [0.25, 0.3) is 0 Å². The summed E-state index contributed by atoms with van der Waals surface area (Å²) in [6, 6.07) is 3.51. The van der Waals surface area contributed by atoms with Crippen LogP contribution in [0.2, 0.25) is 0 Å². The van der Waals surface area contributed by atoms with Crippen molar-refractivity contribution in [2.24, 2.45) is 7.05 Å². The van der Waals surface area contributed by atoms with Crippen molar-refractivity contribution in [2.75, 3.05) is 0 Å². The highest BCUT2D eigenvalue weighted by atomic mass is 79.9. The number of rotatable bonds is 4. The van der Waals surface area contributed by atoms with E-state index in [0.29, 0.717) is 10.6 Å². The molecule has 4 nitrogen and oxygen atoms in total. The zero-order valence-electron chi connectivity index (χ0n) is 9.01. The lowest BCUT2D eigenvalue weighted by Crippen LogP contribution is -2.07. The maximum absolute atomic E-state index is 11.8. The minimum absolute atomic E-state index is 0.135. The first kappa shape index (κ1) is 12.2. The highest BCUT2D eigenvalue weighted by Crippen LogP contribution is 2.23. The van der Waals surface area contributed by atoms with Crippen molar-refractivity contribution >= 4 is 38.8 Å². The first-order valence-corrected chi connectivity index (χ1v) is 6.47.